The van der Waals surface area contributed by atoms with E-state index in [-0.39, 0.29) is 11.7 Å². The summed E-state index contributed by atoms with van der Waals surface area (Å²) in [5.41, 5.74) is 1.46. The first-order valence-corrected chi connectivity index (χ1v) is 6.75. The molecule has 1 N–H and O–H groups in total. The summed E-state index contributed by atoms with van der Waals surface area (Å²) < 4.78 is 28.2. The van der Waals surface area contributed by atoms with Crippen molar-refractivity contribution in [3.63, 3.8) is 0 Å². The average molecular weight is 326 g/mol. The van der Waals surface area contributed by atoms with E-state index in [2.05, 4.69) is 21.2 Å². The summed E-state index contributed by atoms with van der Waals surface area (Å²) in [6, 6.07) is 9.93. The number of hydrogen-bond donors (Lipinski definition) is 1. The Morgan fingerprint density at radius 3 is 2.47 bits per heavy atom. The first-order valence-electron chi connectivity index (χ1n) is 5.95. The zero-order valence-corrected chi connectivity index (χ0v) is 12.3. The summed E-state index contributed by atoms with van der Waals surface area (Å²) in [7, 11) is 0. The highest BCUT2D eigenvalue weighted by Crippen LogP contribution is 2.28. The van der Waals surface area contributed by atoms with Crippen LogP contribution in [0.25, 0.3) is 0 Å². The highest BCUT2D eigenvalue weighted by atomic mass is 79.9. The normalized spacial score (nSPS) is 12.3. The van der Waals surface area contributed by atoms with Gasteiger partial charge in [-0.25, -0.2) is 8.78 Å². The number of halogens is 3. The van der Waals surface area contributed by atoms with Crippen LogP contribution in [0.4, 0.5) is 14.5 Å². The zero-order valence-electron chi connectivity index (χ0n) is 10.7. The third-order valence-corrected chi connectivity index (χ3v) is 3.71. The van der Waals surface area contributed by atoms with E-state index in [1.165, 1.54) is 12.1 Å². The van der Waals surface area contributed by atoms with Gasteiger partial charge >= 0.3 is 0 Å². The summed E-state index contributed by atoms with van der Waals surface area (Å²) in [5, 5.41) is 2.99. The van der Waals surface area contributed by atoms with Crippen LogP contribution in [0.2, 0.25) is 0 Å². The fraction of sp³-hybridized carbons (Fsp3) is 0.200. The molecule has 0 saturated carbocycles. The van der Waals surface area contributed by atoms with Crippen LogP contribution in [0.1, 0.15) is 24.1 Å². The Hall–Kier alpha value is -1.42. The molecular formula is C15H14BrF2N. The number of benzene rings is 2. The van der Waals surface area contributed by atoms with Crippen LogP contribution in [0.15, 0.2) is 40.9 Å². The van der Waals surface area contributed by atoms with E-state index < -0.39 is 11.6 Å². The van der Waals surface area contributed by atoms with Crippen LogP contribution in [-0.4, -0.2) is 0 Å². The van der Waals surface area contributed by atoms with Crippen LogP contribution < -0.4 is 5.32 Å². The van der Waals surface area contributed by atoms with Gasteiger partial charge in [0.15, 0.2) is 0 Å². The van der Waals surface area contributed by atoms with Gasteiger partial charge in [0.05, 0.1) is 5.69 Å². The quantitative estimate of drug-likeness (QED) is 0.816. The minimum Gasteiger partial charge on any atom is -0.376 e. The first-order chi connectivity index (χ1) is 8.99. The average Bonchev–Trinajstić information content (AvgIpc) is 2.36. The topological polar surface area (TPSA) is 12.0 Å². The highest BCUT2D eigenvalue weighted by molar-refractivity contribution is 9.10. The monoisotopic (exact) mass is 325 g/mol. The van der Waals surface area contributed by atoms with Gasteiger partial charge < -0.3 is 5.32 Å². The van der Waals surface area contributed by atoms with Crippen molar-refractivity contribution in [2.24, 2.45) is 0 Å². The Balaban J connectivity index is 2.27. The van der Waals surface area contributed by atoms with Gasteiger partial charge in [0.2, 0.25) is 0 Å². The molecule has 0 fully saturated rings. The molecule has 19 heavy (non-hydrogen) atoms. The van der Waals surface area contributed by atoms with Crippen molar-refractivity contribution in [3.8, 4) is 0 Å². The van der Waals surface area contributed by atoms with Crippen molar-refractivity contribution in [2.75, 3.05) is 5.32 Å². The largest absolute Gasteiger partial charge is 0.376 e. The first kappa shape index (κ1) is 14.0. The van der Waals surface area contributed by atoms with E-state index in [4.69, 9.17) is 0 Å². The van der Waals surface area contributed by atoms with Gasteiger partial charge in [-0.1, -0.05) is 34.1 Å². The van der Waals surface area contributed by atoms with Gasteiger partial charge in [0.1, 0.15) is 11.6 Å². The van der Waals surface area contributed by atoms with E-state index in [1.807, 2.05) is 31.2 Å². The SMILES string of the molecule is Cc1cc(F)c(NC(C)c2ccccc2Br)cc1F. The van der Waals surface area contributed by atoms with Crippen LogP contribution in [0.3, 0.4) is 0 Å². The standard InChI is InChI=1S/C15H14BrF2N/c1-9-7-14(18)15(8-13(9)17)19-10(2)11-5-3-4-6-12(11)16/h3-8,10,19H,1-2H3. The molecule has 1 unspecified atom stereocenters. The van der Waals surface area contributed by atoms with Gasteiger partial charge in [-0.15, -0.1) is 0 Å². The van der Waals surface area contributed by atoms with Crippen molar-refractivity contribution >= 4 is 21.6 Å². The predicted molar refractivity (Wildman–Crippen MR) is 77.3 cm³/mol. The smallest absolute Gasteiger partial charge is 0.146 e. The van der Waals surface area contributed by atoms with E-state index in [0.29, 0.717) is 5.56 Å². The van der Waals surface area contributed by atoms with Gasteiger partial charge in [-0.05, 0) is 37.1 Å². The van der Waals surface area contributed by atoms with E-state index in [9.17, 15) is 8.78 Å². The van der Waals surface area contributed by atoms with E-state index in [0.717, 1.165) is 10.0 Å². The number of aryl methyl sites for hydroxylation is 1. The second-order valence-corrected chi connectivity index (χ2v) is 5.32. The third-order valence-electron chi connectivity index (χ3n) is 2.99. The van der Waals surface area contributed by atoms with Crippen molar-refractivity contribution in [2.45, 2.75) is 19.9 Å². The Kier molecular flexibility index (Phi) is 4.20. The number of hydrogen-bond acceptors (Lipinski definition) is 1. The van der Waals surface area contributed by atoms with Crippen LogP contribution in [0.5, 0.6) is 0 Å². The minimum atomic E-state index is -0.446. The Morgan fingerprint density at radius 2 is 1.79 bits per heavy atom. The molecule has 0 spiro atoms. The van der Waals surface area contributed by atoms with Crippen LogP contribution in [-0.2, 0) is 0 Å². The molecule has 100 valence electrons. The summed E-state index contributed by atoms with van der Waals surface area (Å²) in [5.74, 6) is -0.860. The second-order valence-electron chi connectivity index (χ2n) is 4.47. The molecule has 2 rings (SSSR count). The molecule has 0 aliphatic heterocycles. The molecule has 0 bridgehead atoms. The molecule has 0 saturated heterocycles. The summed E-state index contributed by atoms with van der Waals surface area (Å²) in [6.07, 6.45) is 0. The summed E-state index contributed by atoms with van der Waals surface area (Å²) in [6.45, 7) is 3.44. The van der Waals surface area contributed by atoms with Gasteiger partial charge in [-0.2, -0.15) is 0 Å². The van der Waals surface area contributed by atoms with E-state index in [1.54, 1.807) is 6.92 Å². The van der Waals surface area contributed by atoms with Gasteiger partial charge in [-0.3, -0.25) is 0 Å². The summed E-state index contributed by atoms with van der Waals surface area (Å²) in [4.78, 5) is 0. The molecule has 0 aliphatic carbocycles. The molecule has 2 aromatic carbocycles. The molecule has 0 aromatic heterocycles. The lowest BCUT2D eigenvalue weighted by atomic mass is 10.1. The number of nitrogens with one attached hydrogen (secondary N) is 1. The van der Waals surface area contributed by atoms with Crippen molar-refractivity contribution in [1.29, 1.82) is 0 Å². The van der Waals surface area contributed by atoms with Crippen LogP contribution >= 0.6 is 15.9 Å². The zero-order chi connectivity index (χ0) is 14.0. The second kappa shape index (κ2) is 5.70. The Labute approximate surface area is 119 Å². The highest BCUT2D eigenvalue weighted by Gasteiger charge is 2.12. The number of rotatable bonds is 3. The molecule has 1 atom stereocenters. The molecular weight excluding hydrogens is 312 g/mol. The van der Waals surface area contributed by atoms with Crippen LogP contribution in [0, 0.1) is 18.6 Å². The molecule has 1 nitrogen and oxygen atoms in total. The maximum absolute atomic E-state index is 13.8. The molecule has 2 aromatic rings. The van der Waals surface area contributed by atoms with Crippen molar-refractivity contribution < 1.29 is 8.78 Å². The third kappa shape index (κ3) is 3.13. The van der Waals surface area contributed by atoms with E-state index >= 15 is 0 Å². The number of anilines is 1. The fourth-order valence-electron chi connectivity index (χ4n) is 1.89. The predicted octanol–water partition coefficient (Wildman–Crippen LogP) is 5.21. The Bertz CT molecular complexity index is 599. The molecule has 0 aliphatic rings. The Morgan fingerprint density at radius 1 is 1.11 bits per heavy atom. The molecule has 0 amide bonds. The maximum Gasteiger partial charge on any atom is 0.146 e. The lowest BCUT2D eigenvalue weighted by molar-refractivity contribution is 0.593. The molecule has 4 heteroatoms. The lowest BCUT2D eigenvalue weighted by Gasteiger charge is -2.18. The van der Waals surface area contributed by atoms with Gasteiger partial charge in [0.25, 0.3) is 0 Å². The lowest BCUT2D eigenvalue weighted by Crippen LogP contribution is -2.09. The fourth-order valence-corrected chi connectivity index (χ4v) is 2.52. The maximum atomic E-state index is 13.8. The van der Waals surface area contributed by atoms with Gasteiger partial charge in [0, 0.05) is 16.6 Å². The summed E-state index contributed by atoms with van der Waals surface area (Å²) >= 11 is 3.45. The van der Waals surface area contributed by atoms with Crippen molar-refractivity contribution in [3.05, 3.63) is 63.6 Å². The molecule has 0 heterocycles. The minimum absolute atomic E-state index is 0.132. The van der Waals surface area contributed by atoms with Crippen molar-refractivity contribution in [1.82, 2.24) is 0 Å². The molecule has 0 radical (unpaired) electrons.